The topological polar surface area (TPSA) is 45.6 Å². The van der Waals surface area contributed by atoms with Crippen LogP contribution in [0, 0.1) is 18.8 Å². The largest absolute Gasteiger partial charge is 0.488 e. The summed E-state index contributed by atoms with van der Waals surface area (Å²) in [6.07, 6.45) is 2.13. The highest BCUT2D eigenvalue weighted by Crippen LogP contribution is 2.38. The number of nitrogens with zero attached hydrogens (tertiary/aromatic N) is 2. The summed E-state index contributed by atoms with van der Waals surface area (Å²) >= 11 is 6.05. The molecular weight excluding hydrogens is 360 g/mol. The van der Waals surface area contributed by atoms with Gasteiger partial charge in [0.25, 0.3) is 0 Å². The Labute approximate surface area is 166 Å². The molecule has 1 N–H and O–H groups in total. The highest BCUT2D eigenvalue weighted by atomic mass is 35.5. The van der Waals surface area contributed by atoms with Gasteiger partial charge in [0.05, 0.1) is 6.10 Å². The molecule has 0 unspecified atom stereocenters. The molecule has 1 aromatic carbocycles. The number of fused-ring (bicyclic) bond motifs is 1. The van der Waals surface area contributed by atoms with Crippen LogP contribution in [0.3, 0.4) is 0 Å². The molecule has 0 amide bonds. The van der Waals surface area contributed by atoms with Gasteiger partial charge in [-0.25, -0.2) is 0 Å². The van der Waals surface area contributed by atoms with Crippen LogP contribution >= 0.6 is 11.6 Å². The number of ether oxygens (including phenoxy) is 1. The van der Waals surface area contributed by atoms with Crippen molar-refractivity contribution in [2.75, 3.05) is 19.6 Å². The SMILES string of the molecule is Cc1cccc(CCN2C[C@H]3C[C@@H](Oc4cccc(Cl)c4)[C@H](O)C[C@H]3C2)n1. The lowest BCUT2D eigenvalue weighted by atomic mass is 9.78. The first-order valence-electron chi connectivity index (χ1n) is 9.82. The lowest BCUT2D eigenvalue weighted by Gasteiger charge is -2.35. The predicted octanol–water partition coefficient (Wildman–Crippen LogP) is 3.74. The van der Waals surface area contributed by atoms with Crippen molar-refractivity contribution < 1.29 is 9.84 Å². The van der Waals surface area contributed by atoms with Gasteiger partial charge in [-0.15, -0.1) is 0 Å². The summed E-state index contributed by atoms with van der Waals surface area (Å²) in [6.45, 7) is 5.21. The van der Waals surface area contributed by atoms with Crippen molar-refractivity contribution in [1.29, 1.82) is 0 Å². The van der Waals surface area contributed by atoms with Crippen LogP contribution in [0.1, 0.15) is 24.2 Å². The van der Waals surface area contributed by atoms with Gasteiger partial charge in [-0.05, 0) is 61.9 Å². The Balaban J connectivity index is 1.33. The van der Waals surface area contributed by atoms with Gasteiger partial charge >= 0.3 is 0 Å². The molecule has 1 aromatic heterocycles. The number of aliphatic hydroxyl groups excluding tert-OH is 1. The molecule has 0 bridgehead atoms. The molecule has 4 nitrogen and oxygen atoms in total. The van der Waals surface area contributed by atoms with Gasteiger partial charge in [0.2, 0.25) is 0 Å². The van der Waals surface area contributed by atoms with E-state index in [1.165, 1.54) is 0 Å². The summed E-state index contributed by atoms with van der Waals surface area (Å²) in [5.41, 5.74) is 2.23. The second-order valence-corrected chi connectivity index (χ2v) is 8.39. The monoisotopic (exact) mass is 386 g/mol. The molecule has 2 aromatic rings. The van der Waals surface area contributed by atoms with Gasteiger partial charge in [0.1, 0.15) is 11.9 Å². The minimum absolute atomic E-state index is 0.150. The molecule has 1 saturated heterocycles. The molecule has 0 spiro atoms. The average molecular weight is 387 g/mol. The highest BCUT2D eigenvalue weighted by Gasteiger charge is 2.42. The molecule has 4 atom stereocenters. The molecule has 2 aliphatic rings. The summed E-state index contributed by atoms with van der Waals surface area (Å²) in [6, 6.07) is 13.7. The van der Waals surface area contributed by atoms with Crippen LogP contribution in [0.25, 0.3) is 0 Å². The molecule has 2 heterocycles. The van der Waals surface area contributed by atoms with Crippen LogP contribution in [0.4, 0.5) is 0 Å². The number of hydrogen-bond donors (Lipinski definition) is 1. The maximum Gasteiger partial charge on any atom is 0.125 e. The lowest BCUT2D eigenvalue weighted by Crippen LogP contribution is -2.42. The van der Waals surface area contributed by atoms with Gasteiger partial charge < -0.3 is 14.7 Å². The number of benzene rings is 1. The summed E-state index contributed by atoms with van der Waals surface area (Å²) in [5.74, 6) is 1.89. The quantitative estimate of drug-likeness (QED) is 0.850. The maximum absolute atomic E-state index is 10.6. The van der Waals surface area contributed by atoms with E-state index >= 15 is 0 Å². The first kappa shape index (κ1) is 18.7. The normalized spacial score (nSPS) is 28.1. The molecule has 0 radical (unpaired) electrons. The van der Waals surface area contributed by atoms with Crippen molar-refractivity contribution in [3.05, 3.63) is 58.9 Å². The zero-order valence-electron chi connectivity index (χ0n) is 15.7. The second kappa shape index (κ2) is 8.17. The Morgan fingerprint density at radius 2 is 1.93 bits per heavy atom. The number of aliphatic hydroxyl groups is 1. The van der Waals surface area contributed by atoms with Crippen molar-refractivity contribution in [2.45, 2.75) is 38.4 Å². The van der Waals surface area contributed by atoms with E-state index in [4.69, 9.17) is 16.3 Å². The first-order chi connectivity index (χ1) is 13.1. The second-order valence-electron chi connectivity index (χ2n) is 7.95. The summed E-state index contributed by atoms with van der Waals surface area (Å²) < 4.78 is 6.07. The fourth-order valence-corrected chi connectivity index (χ4v) is 4.70. The summed E-state index contributed by atoms with van der Waals surface area (Å²) in [7, 11) is 0. The number of aromatic nitrogens is 1. The average Bonchev–Trinajstić information content (AvgIpc) is 3.02. The van der Waals surface area contributed by atoms with Crippen molar-refractivity contribution >= 4 is 11.6 Å². The van der Waals surface area contributed by atoms with E-state index in [2.05, 4.69) is 22.0 Å². The number of likely N-dealkylation sites (tertiary alicyclic amines) is 1. The first-order valence-corrected chi connectivity index (χ1v) is 10.2. The number of halogens is 1. The highest BCUT2D eigenvalue weighted by molar-refractivity contribution is 6.30. The van der Waals surface area contributed by atoms with Crippen LogP contribution in [-0.2, 0) is 6.42 Å². The Hall–Kier alpha value is -1.62. The minimum Gasteiger partial charge on any atom is -0.488 e. The lowest BCUT2D eigenvalue weighted by molar-refractivity contribution is -0.0231. The van der Waals surface area contributed by atoms with E-state index in [1.807, 2.05) is 37.3 Å². The predicted molar refractivity (Wildman–Crippen MR) is 107 cm³/mol. The Kier molecular flexibility index (Phi) is 5.67. The molecule has 1 aliphatic carbocycles. The van der Waals surface area contributed by atoms with E-state index < -0.39 is 6.10 Å². The molecule has 2 fully saturated rings. The zero-order chi connectivity index (χ0) is 18.8. The van der Waals surface area contributed by atoms with E-state index in [-0.39, 0.29) is 6.10 Å². The Morgan fingerprint density at radius 3 is 2.70 bits per heavy atom. The standard InChI is InChI=1S/C22H27ClN2O2/c1-15-4-2-6-19(24-15)8-9-25-13-16-10-21(26)22(11-17(16)14-25)27-20-7-3-5-18(23)12-20/h2-7,12,16-17,21-22,26H,8-11,13-14H2,1H3/t16-,17+,21+,22+/m0/s1. The van der Waals surface area contributed by atoms with Crippen LogP contribution in [0.15, 0.2) is 42.5 Å². The van der Waals surface area contributed by atoms with Crippen LogP contribution in [-0.4, -0.2) is 46.8 Å². The molecule has 4 rings (SSSR count). The van der Waals surface area contributed by atoms with Crippen LogP contribution < -0.4 is 4.74 Å². The number of pyridine rings is 1. The van der Waals surface area contributed by atoms with Crippen LogP contribution in [0.5, 0.6) is 5.75 Å². The van der Waals surface area contributed by atoms with Gasteiger partial charge in [0.15, 0.2) is 0 Å². The van der Waals surface area contributed by atoms with Crippen LogP contribution in [0.2, 0.25) is 5.02 Å². The van der Waals surface area contributed by atoms with Crippen molar-refractivity contribution in [2.24, 2.45) is 11.8 Å². The van der Waals surface area contributed by atoms with Crippen molar-refractivity contribution in [1.82, 2.24) is 9.88 Å². The smallest absolute Gasteiger partial charge is 0.125 e. The molecule has 1 saturated carbocycles. The fraction of sp³-hybridized carbons (Fsp3) is 0.500. The molecule has 1 aliphatic heterocycles. The van der Waals surface area contributed by atoms with E-state index in [0.29, 0.717) is 16.9 Å². The third-order valence-electron chi connectivity index (χ3n) is 5.87. The Morgan fingerprint density at radius 1 is 1.15 bits per heavy atom. The van der Waals surface area contributed by atoms with E-state index in [0.717, 1.165) is 56.0 Å². The van der Waals surface area contributed by atoms with Crippen molar-refractivity contribution in [3.8, 4) is 5.75 Å². The Bertz CT molecular complexity index is 784. The molecular formula is C22H27ClN2O2. The number of aryl methyl sites for hydroxylation is 1. The van der Waals surface area contributed by atoms with Gasteiger partial charge in [-0.3, -0.25) is 4.98 Å². The molecule has 144 valence electrons. The third kappa shape index (κ3) is 4.63. The van der Waals surface area contributed by atoms with E-state index in [9.17, 15) is 5.11 Å². The molecule has 5 heteroatoms. The van der Waals surface area contributed by atoms with Gasteiger partial charge in [-0.1, -0.05) is 23.7 Å². The summed E-state index contributed by atoms with van der Waals surface area (Å²) in [5, 5.41) is 11.2. The number of hydrogen-bond acceptors (Lipinski definition) is 4. The zero-order valence-corrected chi connectivity index (χ0v) is 16.5. The fourth-order valence-electron chi connectivity index (χ4n) is 4.52. The van der Waals surface area contributed by atoms with Crippen molar-refractivity contribution in [3.63, 3.8) is 0 Å². The maximum atomic E-state index is 10.6. The third-order valence-corrected chi connectivity index (χ3v) is 6.11. The minimum atomic E-state index is -0.413. The summed E-state index contributed by atoms with van der Waals surface area (Å²) in [4.78, 5) is 7.13. The number of rotatable bonds is 5. The van der Waals surface area contributed by atoms with Gasteiger partial charge in [-0.2, -0.15) is 0 Å². The van der Waals surface area contributed by atoms with E-state index in [1.54, 1.807) is 0 Å². The van der Waals surface area contributed by atoms with Gasteiger partial charge in [0, 0.05) is 42.5 Å². The molecule has 27 heavy (non-hydrogen) atoms.